The highest BCUT2D eigenvalue weighted by Gasteiger charge is 2.07. The molecule has 0 unspecified atom stereocenters. The van der Waals surface area contributed by atoms with Gasteiger partial charge in [0.05, 0.1) is 5.75 Å². The third-order valence-electron chi connectivity index (χ3n) is 2.41. The fraction of sp³-hybridized carbons (Fsp3) is 0.308. The van der Waals surface area contributed by atoms with Crippen molar-refractivity contribution in [3.63, 3.8) is 0 Å². The number of aryl methyl sites for hydroxylation is 3. The number of hydrogen-bond donors (Lipinski definition) is 2. The van der Waals surface area contributed by atoms with Crippen molar-refractivity contribution >= 4 is 23.4 Å². The van der Waals surface area contributed by atoms with Crippen molar-refractivity contribution < 1.29 is 4.79 Å². The lowest BCUT2D eigenvalue weighted by atomic mass is 10.1. The molecule has 5 nitrogen and oxygen atoms in total. The molecule has 0 atom stereocenters. The highest BCUT2D eigenvalue weighted by Crippen LogP contribution is 2.16. The molecule has 1 amide bonds. The summed E-state index contributed by atoms with van der Waals surface area (Å²) in [6.07, 6.45) is 0. The van der Waals surface area contributed by atoms with Crippen LogP contribution in [0.25, 0.3) is 0 Å². The van der Waals surface area contributed by atoms with E-state index in [1.165, 1.54) is 11.8 Å². The van der Waals surface area contributed by atoms with Gasteiger partial charge in [0, 0.05) is 5.69 Å². The molecule has 6 heteroatoms. The third-order valence-corrected chi connectivity index (χ3v) is 3.26. The Balaban J connectivity index is 1.90. The van der Waals surface area contributed by atoms with Gasteiger partial charge in [0.2, 0.25) is 11.1 Å². The highest BCUT2D eigenvalue weighted by atomic mass is 32.2. The van der Waals surface area contributed by atoms with Crippen LogP contribution in [0.3, 0.4) is 0 Å². The van der Waals surface area contributed by atoms with E-state index in [9.17, 15) is 4.79 Å². The zero-order chi connectivity index (χ0) is 13.8. The molecule has 0 fully saturated rings. The largest absolute Gasteiger partial charge is 0.325 e. The van der Waals surface area contributed by atoms with E-state index in [1.54, 1.807) is 0 Å². The van der Waals surface area contributed by atoms with Crippen molar-refractivity contribution in [3.05, 3.63) is 35.2 Å². The Kier molecular flexibility index (Phi) is 4.21. The van der Waals surface area contributed by atoms with Gasteiger partial charge in [0.15, 0.2) is 0 Å². The maximum Gasteiger partial charge on any atom is 0.234 e. The molecule has 2 aromatic rings. The summed E-state index contributed by atoms with van der Waals surface area (Å²) < 4.78 is 0. The first-order chi connectivity index (χ1) is 9.02. The zero-order valence-corrected chi connectivity index (χ0v) is 12.0. The molecule has 0 bridgehead atoms. The first-order valence-electron chi connectivity index (χ1n) is 5.93. The van der Waals surface area contributed by atoms with Crippen molar-refractivity contribution in [1.29, 1.82) is 0 Å². The number of H-pyrrole nitrogens is 1. The zero-order valence-electron chi connectivity index (χ0n) is 11.2. The lowest BCUT2D eigenvalue weighted by molar-refractivity contribution is -0.113. The third kappa shape index (κ3) is 4.10. The summed E-state index contributed by atoms with van der Waals surface area (Å²) >= 11 is 1.31. The van der Waals surface area contributed by atoms with Crippen LogP contribution in [0.5, 0.6) is 0 Å². The summed E-state index contributed by atoms with van der Waals surface area (Å²) in [6.45, 7) is 5.84. The number of anilines is 1. The smallest absolute Gasteiger partial charge is 0.234 e. The summed E-state index contributed by atoms with van der Waals surface area (Å²) in [6, 6.07) is 5.97. The van der Waals surface area contributed by atoms with E-state index < -0.39 is 0 Å². The molecule has 0 saturated carbocycles. The Labute approximate surface area is 116 Å². The van der Waals surface area contributed by atoms with Crippen molar-refractivity contribution in [2.75, 3.05) is 11.1 Å². The van der Waals surface area contributed by atoms with Crippen LogP contribution >= 0.6 is 11.8 Å². The van der Waals surface area contributed by atoms with Gasteiger partial charge < -0.3 is 5.32 Å². The van der Waals surface area contributed by atoms with Gasteiger partial charge in [-0.1, -0.05) is 17.8 Å². The van der Waals surface area contributed by atoms with Crippen LogP contribution in [-0.4, -0.2) is 26.8 Å². The van der Waals surface area contributed by atoms with Crippen LogP contribution < -0.4 is 5.32 Å². The Morgan fingerprint density at radius 2 is 1.95 bits per heavy atom. The predicted molar refractivity (Wildman–Crippen MR) is 76.4 cm³/mol. The van der Waals surface area contributed by atoms with Crippen molar-refractivity contribution in [2.24, 2.45) is 0 Å². The number of carbonyl (C=O) groups excluding carboxylic acids is 1. The van der Waals surface area contributed by atoms with Gasteiger partial charge >= 0.3 is 0 Å². The minimum Gasteiger partial charge on any atom is -0.325 e. The molecular weight excluding hydrogens is 260 g/mol. The normalized spacial score (nSPS) is 10.5. The summed E-state index contributed by atoms with van der Waals surface area (Å²) in [5, 5.41) is 10.2. The molecule has 0 radical (unpaired) electrons. The van der Waals surface area contributed by atoms with Gasteiger partial charge in [-0.25, -0.2) is 4.98 Å². The van der Waals surface area contributed by atoms with Crippen LogP contribution in [0, 0.1) is 20.8 Å². The lowest BCUT2D eigenvalue weighted by Crippen LogP contribution is -2.14. The van der Waals surface area contributed by atoms with Crippen molar-refractivity contribution in [2.45, 2.75) is 25.9 Å². The van der Waals surface area contributed by atoms with E-state index in [1.807, 2.05) is 32.9 Å². The quantitative estimate of drug-likeness (QED) is 0.842. The van der Waals surface area contributed by atoms with Gasteiger partial charge in [-0.3, -0.25) is 9.89 Å². The highest BCUT2D eigenvalue weighted by molar-refractivity contribution is 7.99. The fourth-order valence-corrected chi connectivity index (χ4v) is 2.40. The summed E-state index contributed by atoms with van der Waals surface area (Å²) in [4.78, 5) is 16.0. The summed E-state index contributed by atoms with van der Waals surface area (Å²) in [5.41, 5.74) is 3.09. The number of thioether (sulfide) groups is 1. The topological polar surface area (TPSA) is 70.7 Å². The number of amides is 1. The molecule has 0 spiro atoms. The van der Waals surface area contributed by atoms with E-state index >= 15 is 0 Å². The minimum atomic E-state index is -0.0579. The first-order valence-corrected chi connectivity index (χ1v) is 6.91. The van der Waals surface area contributed by atoms with E-state index in [4.69, 9.17) is 0 Å². The summed E-state index contributed by atoms with van der Waals surface area (Å²) in [5.74, 6) is 0.985. The molecule has 19 heavy (non-hydrogen) atoms. The Bertz CT molecular complexity index is 574. The molecule has 2 N–H and O–H groups in total. The monoisotopic (exact) mass is 276 g/mol. The van der Waals surface area contributed by atoms with E-state index in [-0.39, 0.29) is 5.91 Å². The molecule has 100 valence electrons. The van der Waals surface area contributed by atoms with E-state index in [0.29, 0.717) is 10.9 Å². The Morgan fingerprint density at radius 3 is 2.53 bits per heavy atom. The fourth-order valence-electron chi connectivity index (χ4n) is 1.76. The van der Waals surface area contributed by atoms with Crippen LogP contribution in [0.1, 0.15) is 17.0 Å². The second kappa shape index (κ2) is 5.88. The molecule has 1 heterocycles. The van der Waals surface area contributed by atoms with E-state index in [0.717, 1.165) is 22.6 Å². The van der Waals surface area contributed by atoms with Crippen LogP contribution in [0.2, 0.25) is 0 Å². The molecule has 1 aromatic carbocycles. The van der Waals surface area contributed by atoms with Gasteiger partial charge in [-0.2, -0.15) is 0 Å². The standard InChI is InChI=1S/C13H16N4OS/c1-8-4-9(2)6-11(5-8)15-12(18)7-19-13-14-10(3)16-17-13/h4-6H,7H2,1-3H3,(H,15,18)(H,14,16,17). The van der Waals surface area contributed by atoms with Crippen LogP contribution in [0.4, 0.5) is 5.69 Å². The summed E-state index contributed by atoms with van der Waals surface area (Å²) in [7, 11) is 0. The van der Waals surface area contributed by atoms with Crippen molar-refractivity contribution in [3.8, 4) is 0 Å². The number of nitrogens with one attached hydrogen (secondary N) is 2. The van der Waals surface area contributed by atoms with Crippen LogP contribution in [-0.2, 0) is 4.79 Å². The maximum atomic E-state index is 11.8. The molecular formula is C13H16N4OS. The lowest BCUT2D eigenvalue weighted by Gasteiger charge is -2.06. The number of rotatable bonds is 4. The number of benzene rings is 1. The molecule has 0 aliphatic carbocycles. The number of nitrogens with zero attached hydrogens (tertiary/aromatic N) is 2. The first kappa shape index (κ1) is 13.6. The Morgan fingerprint density at radius 1 is 1.26 bits per heavy atom. The Hall–Kier alpha value is -1.82. The van der Waals surface area contributed by atoms with Gasteiger partial charge in [-0.15, -0.1) is 5.10 Å². The number of carbonyl (C=O) groups is 1. The maximum absolute atomic E-state index is 11.8. The van der Waals surface area contributed by atoms with Crippen molar-refractivity contribution in [1.82, 2.24) is 15.2 Å². The van der Waals surface area contributed by atoms with E-state index in [2.05, 4.69) is 26.6 Å². The van der Waals surface area contributed by atoms with Crippen LogP contribution in [0.15, 0.2) is 23.4 Å². The predicted octanol–water partition coefficient (Wildman–Crippen LogP) is 2.46. The second-order valence-electron chi connectivity index (χ2n) is 4.42. The molecule has 0 aliphatic rings. The minimum absolute atomic E-state index is 0.0579. The molecule has 1 aromatic heterocycles. The molecule has 0 saturated heterocycles. The molecule has 0 aliphatic heterocycles. The van der Waals surface area contributed by atoms with Gasteiger partial charge in [-0.05, 0) is 44.0 Å². The number of hydrogen-bond acceptors (Lipinski definition) is 4. The van der Waals surface area contributed by atoms with Gasteiger partial charge in [0.1, 0.15) is 5.82 Å². The molecule has 2 rings (SSSR count). The number of aromatic amines is 1. The SMILES string of the molecule is Cc1cc(C)cc(NC(=O)CSc2n[nH]c(C)n2)c1. The van der Waals surface area contributed by atoms with Gasteiger partial charge in [0.25, 0.3) is 0 Å². The second-order valence-corrected chi connectivity index (χ2v) is 5.36. The average molecular weight is 276 g/mol. The number of aromatic nitrogens is 3. The average Bonchev–Trinajstić information content (AvgIpc) is 2.71.